The van der Waals surface area contributed by atoms with Crippen LogP contribution in [0.5, 0.6) is 5.75 Å². The zero-order valence-corrected chi connectivity index (χ0v) is 12.6. The molecule has 0 saturated carbocycles. The first-order valence-electron chi connectivity index (χ1n) is 7.23. The second kappa shape index (κ2) is 4.99. The van der Waals surface area contributed by atoms with Crippen molar-refractivity contribution in [3.05, 3.63) is 43.1 Å². The molecule has 112 valence electrons. The molecule has 6 heteroatoms. The van der Waals surface area contributed by atoms with Gasteiger partial charge in [0.25, 0.3) is 0 Å². The predicted molar refractivity (Wildman–Crippen MR) is 85.5 cm³/mol. The van der Waals surface area contributed by atoms with Gasteiger partial charge in [-0.2, -0.15) is 0 Å². The summed E-state index contributed by atoms with van der Waals surface area (Å²) in [6.07, 6.45) is 7.41. The number of hydrogen-bond acceptors (Lipinski definition) is 4. The molecule has 6 nitrogen and oxygen atoms in total. The van der Waals surface area contributed by atoms with Crippen molar-refractivity contribution in [1.29, 1.82) is 0 Å². The summed E-state index contributed by atoms with van der Waals surface area (Å²) < 4.78 is 10.1. The van der Waals surface area contributed by atoms with Gasteiger partial charge in [0, 0.05) is 18.9 Å². The SMILES string of the molecule is CN(C)CCOc1cccc2c1c1nccn1c1cncn21. The average molecular weight is 295 g/mol. The van der Waals surface area contributed by atoms with Crippen molar-refractivity contribution in [2.75, 3.05) is 27.2 Å². The van der Waals surface area contributed by atoms with Crippen LogP contribution in [0.4, 0.5) is 0 Å². The van der Waals surface area contributed by atoms with E-state index in [1.807, 2.05) is 49.3 Å². The van der Waals surface area contributed by atoms with Crippen LogP contribution < -0.4 is 4.74 Å². The van der Waals surface area contributed by atoms with Crippen molar-refractivity contribution in [2.45, 2.75) is 0 Å². The highest BCUT2D eigenvalue weighted by molar-refractivity contribution is 5.98. The number of ether oxygens (including phenoxy) is 1. The molecule has 0 aliphatic rings. The van der Waals surface area contributed by atoms with Crippen LogP contribution in [0.25, 0.3) is 22.2 Å². The third-order valence-corrected chi connectivity index (χ3v) is 3.79. The van der Waals surface area contributed by atoms with Gasteiger partial charge in [0.1, 0.15) is 24.3 Å². The fourth-order valence-corrected chi connectivity index (χ4v) is 2.73. The molecule has 3 heterocycles. The maximum Gasteiger partial charge on any atom is 0.151 e. The molecule has 1 aromatic carbocycles. The van der Waals surface area contributed by atoms with Crippen LogP contribution in [0.15, 0.2) is 43.1 Å². The zero-order valence-electron chi connectivity index (χ0n) is 12.6. The molecule has 0 aliphatic heterocycles. The van der Waals surface area contributed by atoms with E-state index >= 15 is 0 Å². The largest absolute Gasteiger partial charge is 0.491 e. The van der Waals surface area contributed by atoms with Gasteiger partial charge in [-0.3, -0.25) is 8.80 Å². The van der Waals surface area contributed by atoms with Crippen molar-refractivity contribution >= 4 is 22.2 Å². The Labute approximate surface area is 127 Å². The summed E-state index contributed by atoms with van der Waals surface area (Å²) in [5, 5.41) is 1.01. The van der Waals surface area contributed by atoms with Crippen LogP contribution in [0.2, 0.25) is 0 Å². The lowest BCUT2D eigenvalue weighted by Gasteiger charge is -2.14. The first-order chi connectivity index (χ1) is 10.8. The molecule has 0 amide bonds. The fraction of sp³-hybridized carbons (Fsp3) is 0.250. The Kier molecular flexibility index (Phi) is 2.97. The monoisotopic (exact) mass is 295 g/mol. The number of nitrogens with zero attached hydrogens (tertiary/aromatic N) is 5. The summed E-state index contributed by atoms with van der Waals surface area (Å²) in [4.78, 5) is 10.9. The number of hydrogen-bond donors (Lipinski definition) is 0. The summed E-state index contributed by atoms with van der Waals surface area (Å²) in [5.41, 5.74) is 2.93. The smallest absolute Gasteiger partial charge is 0.151 e. The lowest BCUT2D eigenvalue weighted by Crippen LogP contribution is -2.19. The van der Waals surface area contributed by atoms with Crippen LogP contribution in [-0.4, -0.2) is 50.9 Å². The van der Waals surface area contributed by atoms with Crippen molar-refractivity contribution < 1.29 is 4.74 Å². The van der Waals surface area contributed by atoms with Gasteiger partial charge < -0.3 is 9.64 Å². The standard InChI is InChI=1S/C16H17N5O/c1-19(2)8-9-22-13-5-3-4-12-15(13)16-18-6-7-20(16)14-10-17-11-21(12)14/h3-7,10-11H,8-9H2,1-2H3. The Balaban J connectivity index is 1.96. The van der Waals surface area contributed by atoms with Gasteiger partial charge >= 0.3 is 0 Å². The van der Waals surface area contributed by atoms with Gasteiger partial charge in [-0.05, 0) is 26.2 Å². The van der Waals surface area contributed by atoms with Gasteiger partial charge in [0.05, 0.1) is 17.1 Å². The number of aromatic nitrogens is 4. The third-order valence-electron chi connectivity index (χ3n) is 3.79. The van der Waals surface area contributed by atoms with Gasteiger partial charge in [-0.15, -0.1) is 0 Å². The fourth-order valence-electron chi connectivity index (χ4n) is 2.73. The van der Waals surface area contributed by atoms with Crippen molar-refractivity contribution in [1.82, 2.24) is 23.7 Å². The van der Waals surface area contributed by atoms with E-state index in [1.165, 1.54) is 0 Å². The molecule has 0 atom stereocenters. The van der Waals surface area contributed by atoms with E-state index in [0.717, 1.165) is 34.5 Å². The summed E-state index contributed by atoms with van der Waals surface area (Å²) in [6, 6.07) is 6.07. The van der Waals surface area contributed by atoms with Gasteiger partial charge in [0.2, 0.25) is 0 Å². The maximum absolute atomic E-state index is 6.00. The molecule has 0 bridgehead atoms. The highest BCUT2D eigenvalue weighted by Gasteiger charge is 2.13. The van der Waals surface area contributed by atoms with Crippen LogP contribution in [0.1, 0.15) is 0 Å². The van der Waals surface area contributed by atoms with Crippen molar-refractivity contribution in [2.24, 2.45) is 0 Å². The van der Waals surface area contributed by atoms with Crippen molar-refractivity contribution in [3.63, 3.8) is 0 Å². The van der Waals surface area contributed by atoms with E-state index < -0.39 is 0 Å². The Bertz CT molecular complexity index is 953. The number of fused-ring (bicyclic) bond motifs is 6. The topological polar surface area (TPSA) is 47.1 Å². The Hall–Kier alpha value is -2.60. The zero-order chi connectivity index (χ0) is 15.1. The van der Waals surface area contributed by atoms with Crippen LogP contribution >= 0.6 is 0 Å². The van der Waals surface area contributed by atoms with E-state index in [1.54, 1.807) is 6.20 Å². The number of rotatable bonds is 4. The van der Waals surface area contributed by atoms with E-state index in [-0.39, 0.29) is 0 Å². The molecule has 0 fully saturated rings. The van der Waals surface area contributed by atoms with Crippen LogP contribution in [0.3, 0.4) is 0 Å². The molecular formula is C16H17N5O. The molecule has 4 rings (SSSR count). The molecule has 0 N–H and O–H groups in total. The van der Waals surface area contributed by atoms with Crippen molar-refractivity contribution in [3.8, 4) is 5.75 Å². The molecule has 0 unspecified atom stereocenters. The van der Waals surface area contributed by atoms with Gasteiger partial charge in [-0.25, -0.2) is 9.97 Å². The first kappa shape index (κ1) is 13.1. The normalized spacial score (nSPS) is 12.0. The second-order valence-electron chi connectivity index (χ2n) is 5.54. The quantitative estimate of drug-likeness (QED) is 0.578. The summed E-state index contributed by atoms with van der Waals surface area (Å²) in [5.74, 6) is 0.853. The maximum atomic E-state index is 6.00. The molecule has 3 aromatic heterocycles. The van der Waals surface area contributed by atoms with Gasteiger partial charge in [0.15, 0.2) is 5.65 Å². The van der Waals surface area contributed by atoms with Gasteiger partial charge in [-0.1, -0.05) is 6.07 Å². The Morgan fingerprint density at radius 1 is 1.23 bits per heavy atom. The van der Waals surface area contributed by atoms with E-state index in [9.17, 15) is 0 Å². The minimum atomic E-state index is 0.640. The number of benzene rings is 1. The number of likely N-dealkylation sites (N-methyl/N-ethyl adjacent to an activating group) is 1. The average Bonchev–Trinajstić information content (AvgIpc) is 3.15. The summed E-state index contributed by atoms with van der Waals surface area (Å²) in [6.45, 7) is 1.51. The van der Waals surface area contributed by atoms with Crippen LogP contribution in [0, 0.1) is 0 Å². The lowest BCUT2D eigenvalue weighted by molar-refractivity contribution is 0.264. The molecule has 4 aromatic rings. The first-order valence-corrected chi connectivity index (χ1v) is 7.23. The molecule has 22 heavy (non-hydrogen) atoms. The molecular weight excluding hydrogens is 278 g/mol. The molecule has 0 radical (unpaired) electrons. The van der Waals surface area contributed by atoms with E-state index in [2.05, 4.69) is 25.3 Å². The molecule has 0 spiro atoms. The lowest BCUT2D eigenvalue weighted by atomic mass is 10.2. The Morgan fingerprint density at radius 2 is 2.14 bits per heavy atom. The summed E-state index contributed by atoms with van der Waals surface area (Å²) in [7, 11) is 4.07. The van der Waals surface area contributed by atoms with E-state index in [0.29, 0.717) is 6.61 Å². The second-order valence-corrected chi connectivity index (χ2v) is 5.54. The van der Waals surface area contributed by atoms with Crippen LogP contribution in [-0.2, 0) is 0 Å². The molecule has 0 aliphatic carbocycles. The minimum Gasteiger partial charge on any atom is -0.491 e. The highest BCUT2D eigenvalue weighted by Crippen LogP contribution is 2.30. The summed E-state index contributed by atoms with van der Waals surface area (Å²) >= 11 is 0. The predicted octanol–water partition coefficient (Wildman–Crippen LogP) is 2.08. The molecule has 0 saturated heterocycles. The van der Waals surface area contributed by atoms with E-state index in [4.69, 9.17) is 4.74 Å². The Morgan fingerprint density at radius 3 is 3.00 bits per heavy atom. The minimum absolute atomic E-state index is 0.640. The third kappa shape index (κ3) is 1.92. The highest BCUT2D eigenvalue weighted by atomic mass is 16.5. The number of imidazole rings is 2.